The maximum Gasteiger partial charge on any atom is 0.122 e. The van der Waals surface area contributed by atoms with E-state index in [0.29, 0.717) is 0 Å². The summed E-state index contributed by atoms with van der Waals surface area (Å²) in [5.41, 5.74) is 4.14. The fourth-order valence-electron chi connectivity index (χ4n) is 2.91. The number of methoxy groups -OCH3 is 1. The van der Waals surface area contributed by atoms with Crippen molar-refractivity contribution >= 4 is 0 Å². The van der Waals surface area contributed by atoms with Gasteiger partial charge in [-0.3, -0.25) is 0 Å². The summed E-state index contributed by atoms with van der Waals surface area (Å²) in [6.45, 7) is 10.4. The van der Waals surface area contributed by atoms with Crippen LogP contribution in [0.1, 0.15) is 23.1 Å². The highest BCUT2D eigenvalue weighted by atomic mass is 16.5. The van der Waals surface area contributed by atoms with Crippen molar-refractivity contribution in [2.24, 2.45) is 0 Å². The van der Waals surface area contributed by atoms with Crippen LogP contribution in [-0.2, 0) is 6.42 Å². The van der Waals surface area contributed by atoms with Crippen molar-refractivity contribution in [1.29, 1.82) is 0 Å². The van der Waals surface area contributed by atoms with Gasteiger partial charge in [-0.15, -0.1) is 0 Å². The topological polar surface area (TPSA) is 15.7 Å². The van der Waals surface area contributed by atoms with Crippen LogP contribution in [0, 0.1) is 13.8 Å². The van der Waals surface area contributed by atoms with Gasteiger partial charge in [-0.1, -0.05) is 6.07 Å². The molecule has 3 heteroatoms. The van der Waals surface area contributed by atoms with E-state index in [1.807, 2.05) is 0 Å². The molecule has 0 saturated carbocycles. The summed E-state index contributed by atoms with van der Waals surface area (Å²) in [6, 6.07) is 4.33. The van der Waals surface area contributed by atoms with Crippen molar-refractivity contribution < 1.29 is 4.74 Å². The van der Waals surface area contributed by atoms with E-state index in [1.54, 1.807) is 7.11 Å². The molecule has 0 amide bonds. The van der Waals surface area contributed by atoms with Crippen LogP contribution in [-0.4, -0.2) is 56.7 Å². The monoisotopic (exact) mass is 276 g/mol. The van der Waals surface area contributed by atoms with E-state index in [2.05, 4.69) is 42.8 Å². The average molecular weight is 276 g/mol. The fourth-order valence-corrected chi connectivity index (χ4v) is 2.91. The van der Waals surface area contributed by atoms with Gasteiger partial charge in [0.15, 0.2) is 0 Å². The zero-order valence-corrected chi connectivity index (χ0v) is 13.4. The molecule has 3 nitrogen and oxygen atoms in total. The first-order valence-electron chi connectivity index (χ1n) is 7.65. The third kappa shape index (κ3) is 3.74. The van der Waals surface area contributed by atoms with Crippen LogP contribution in [0.15, 0.2) is 12.1 Å². The van der Waals surface area contributed by atoms with Gasteiger partial charge < -0.3 is 14.5 Å². The molecule has 0 aromatic heterocycles. The number of nitrogens with zero attached hydrogens (tertiary/aromatic N) is 2. The molecular weight excluding hydrogens is 248 g/mol. The number of aryl methyl sites for hydroxylation is 1. The number of rotatable bonds is 5. The number of ether oxygens (including phenoxy) is 1. The molecule has 1 aromatic rings. The molecule has 1 aromatic carbocycles. The molecule has 0 N–H and O–H groups in total. The van der Waals surface area contributed by atoms with Crippen molar-refractivity contribution in [2.75, 3.05) is 46.9 Å². The lowest BCUT2D eigenvalue weighted by Crippen LogP contribution is -2.44. The van der Waals surface area contributed by atoms with Gasteiger partial charge >= 0.3 is 0 Å². The van der Waals surface area contributed by atoms with Crippen molar-refractivity contribution in [2.45, 2.75) is 26.7 Å². The third-order valence-electron chi connectivity index (χ3n) is 4.59. The maximum atomic E-state index is 5.38. The summed E-state index contributed by atoms with van der Waals surface area (Å²) in [5.74, 6) is 1.00. The molecule has 112 valence electrons. The lowest BCUT2D eigenvalue weighted by molar-refractivity contribution is 0.153. The van der Waals surface area contributed by atoms with Gasteiger partial charge in [0.2, 0.25) is 0 Å². The van der Waals surface area contributed by atoms with E-state index in [0.717, 1.165) is 5.75 Å². The molecule has 0 spiro atoms. The highest BCUT2D eigenvalue weighted by molar-refractivity contribution is 5.43. The van der Waals surface area contributed by atoms with E-state index in [9.17, 15) is 0 Å². The Bertz CT molecular complexity index is 437. The number of likely N-dealkylation sites (N-methyl/N-ethyl adjacent to an activating group) is 1. The second-order valence-electron chi connectivity index (χ2n) is 5.93. The van der Waals surface area contributed by atoms with Crippen molar-refractivity contribution in [3.63, 3.8) is 0 Å². The molecule has 1 aliphatic rings. The van der Waals surface area contributed by atoms with E-state index in [-0.39, 0.29) is 0 Å². The standard InChI is InChI=1S/C17H28N2O/c1-14-15(2)17(20-4)8-7-16(14)6-5-9-19-12-10-18(3)11-13-19/h7-8H,5-6,9-13H2,1-4H3. The van der Waals surface area contributed by atoms with Gasteiger partial charge in [0, 0.05) is 26.2 Å². The normalized spacial score (nSPS) is 17.4. The Labute approximate surface area is 123 Å². The van der Waals surface area contributed by atoms with E-state index in [1.165, 1.54) is 62.3 Å². The summed E-state index contributed by atoms with van der Waals surface area (Å²) in [7, 11) is 3.95. The molecule has 0 unspecified atom stereocenters. The Balaban J connectivity index is 1.84. The minimum Gasteiger partial charge on any atom is -0.496 e. The van der Waals surface area contributed by atoms with Gasteiger partial charge in [-0.2, -0.15) is 0 Å². The molecule has 0 aliphatic carbocycles. The summed E-state index contributed by atoms with van der Waals surface area (Å²) >= 11 is 0. The van der Waals surface area contributed by atoms with Gasteiger partial charge in [-0.05, 0) is 63.0 Å². The zero-order chi connectivity index (χ0) is 14.5. The Morgan fingerprint density at radius 2 is 1.75 bits per heavy atom. The number of hydrogen-bond acceptors (Lipinski definition) is 3. The van der Waals surface area contributed by atoms with Crippen LogP contribution in [0.4, 0.5) is 0 Å². The van der Waals surface area contributed by atoms with Gasteiger partial charge in [0.05, 0.1) is 7.11 Å². The summed E-state index contributed by atoms with van der Waals surface area (Å²) in [6.07, 6.45) is 2.42. The summed E-state index contributed by atoms with van der Waals surface area (Å²) in [4.78, 5) is 5.00. The Morgan fingerprint density at radius 3 is 2.40 bits per heavy atom. The molecule has 1 heterocycles. The second kappa shape index (κ2) is 7.09. The molecule has 2 rings (SSSR count). The molecular formula is C17H28N2O. The average Bonchev–Trinajstić information content (AvgIpc) is 2.46. The van der Waals surface area contributed by atoms with Crippen LogP contribution in [0.3, 0.4) is 0 Å². The van der Waals surface area contributed by atoms with Crippen LogP contribution >= 0.6 is 0 Å². The molecule has 1 aliphatic heterocycles. The fraction of sp³-hybridized carbons (Fsp3) is 0.647. The molecule has 20 heavy (non-hydrogen) atoms. The second-order valence-corrected chi connectivity index (χ2v) is 5.93. The lowest BCUT2D eigenvalue weighted by Gasteiger charge is -2.32. The molecule has 0 radical (unpaired) electrons. The zero-order valence-electron chi connectivity index (χ0n) is 13.4. The van der Waals surface area contributed by atoms with Crippen molar-refractivity contribution in [3.05, 3.63) is 28.8 Å². The predicted molar refractivity (Wildman–Crippen MR) is 84.7 cm³/mol. The lowest BCUT2D eigenvalue weighted by atomic mass is 9.98. The van der Waals surface area contributed by atoms with Crippen LogP contribution < -0.4 is 4.74 Å². The largest absolute Gasteiger partial charge is 0.496 e. The molecule has 1 fully saturated rings. The number of piperazine rings is 1. The quantitative estimate of drug-likeness (QED) is 0.822. The Morgan fingerprint density at radius 1 is 1.05 bits per heavy atom. The summed E-state index contributed by atoms with van der Waals surface area (Å²) < 4.78 is 5.38. The smallest absolute Gasteiger partial charge is 0.122 e. The first-order chi connectivity index (χ1) is 9.61. The van der Waals surface area contributed by atoms with Crippen molar-refractivity contribution in [1.82, 2.24) is 9.80 Å². The Hall–Kier alpha value is -1.06. The highest BCUT2D eigenvalue weighted by Crippen LogP contribution is 2.24. The summed E-state index contributed by atoms with van der Waals surface area (Å²) in [5, 5.41) is 0. The first kappa shape index (κ1) is 15.3. The van der Waals surface area contributed by atoms with Gasteiger partial charge in [0.25, 0.3) is 0 Å². The minimum absolute atomic E-state index is 1.00. The van der Waals surface area contributed by atoms with E-state index >= 15 is 0 Å². The molecule has 0 atom stereocenters. The minimum atomic E-state index is 1.00. The van der Waals surface area contributed by atoms with Gasteiger partial charge in [-0.25, -0.2) is 0 Å². The van der Waals surface area contributed by atoms with Crippen LogP contribution in [0.25, 0.3) is 0 Å². The van der Waals surface area contributed by atoms with Gasteiger partial charge in [0.1, 0.15) is 5.75 Å². The van der Waals surface area contributed by atoms with Crippen molar-refractivity contribution in [3.8, 4) is 5.75 Å². The molecule has 1 saturated heterocycles. The SMILES string of the molecule is COc1ccc(CCCN2CCN(C)CC2)c(C)c1C. The van der Waals surface area contributed by atoms with Crippen LogP contribution in [0.5, 0.6) is 5.75 Å². The number of hydrogen-bond donors (Lipinski definition) is 0. The molecule has 0 bridgehead atoms. The Kier molecular flexibility index (Phi) is 5.44. The highest BCUT2D eigenvalue weighted by Gasteiger charge is 2.13. The van der Waals surface area contributed by atoms with E-state index in [4.69, 9.17) is 4.74 Å². The van der Waals surface area contributed by atoms with E-state index < -0.39 is 0 Å². The number of benzene rings is 1. The predicted octanol–water partition coefficient (Wildman–Crippen LogP) is 2.49. The maximum absolute atomic E-state index is 5.38. The first-order valence-corrected chi connectivity index (χ1v) is 7.65. The third-order valence-corrected chi connectivity index (χ3v) is 4.59. The van der Waals surface area contributed by atoms with Crippen LogP contribution in [0.2, 0.25) is 0 Å².